The van der Waals surface area contributed by atoms with E-state index in [1.807, 2.05) is 6.92 Å². The largest absolute Gasteiger partial charge is 0.496 e. The number of carbonyl (C=O) groups is 1. The molecular formula is C11H13ClO3. The summed E-state index contributed by atoms with van der Waals surface area (Å²) in [4.78, 5) is 11.5. The molecule has 0 heterocycles. The Hall–Kier alpha value is -1.22. The van der Waals surface area contributed by atoms with E-state index in [0.29, 0.717) is 16.3 Å². The first kappa shape index (κ1) is 11.9. The molecule has 15 heavy (non-hydrogen) atoms. The quantitative estimate of drug-likeness (QED) is 0.747. The third kappa shape index (κ3) is 2.42. The van der Waals surface area contributed by atoms with E-state index in [-0.39, 0.29) is 0 Å². The van der Waals surface area contributed by atoms with E-state index in [2.05, 4.69) is 4.74 Å². The Morgan fingerprint density at radius 3 is 2.53 bits per heavy atom. The van der Waals surface area contributed by atoms with E-state index in [0.717, 1.165) is 12.0 Å². The van der Waals surface area contributed by atoms with Crippen LogP contribution in [0.3, 0.4) is 0 Å². The fourth-order valence-corrected chi connectivity index (χ4v) is 1.66. The second kappa shape index (κ2) is 5.03. The normalized spacial score (nSPS) is 9.87. The molecular weight excluding hydrogens is 216 g/mol. The number of halogens is 1. The monoisotopic (exact) mass is 228 g/mol. The number of benzene rings is 1. The molecule has 0 aliphatic carbocycles. The summed E-state index contributed by atoms with van der Waals surface area (Å²) in [5, 5.41) is 0.507. The zero-order chi connectivity index (χ0) is 11.4. The lowest BCUT2D eigenvalue weighted by Crippen LogP contribution is -2.06. The van der Waals surface area contributed by atoms with Gasteiger partial charge in [-0.2, -0.15) is 0 Å². The van der Waals surface area contributed by atoms with Crippen molar-refractivity contribution in [2.75, 3.05) is 14.2 Å². The maximum atomic E-state index is 11.5. The fourth-order valence-electron chi connectivity index (χ4n) is 1.42. The number of ether oxygens (including phenoxy) is 2. The molecule has 0 saturated carbocycles. The SMILES string of the molecule is CCc1cc(Cl)cc(C(=O)OC)c1OC. The smallest absolute Gasteiger partial charge is 0.341 e. The highest BCUT2D eigenvalue weighted by Gasteiger charge is 2.16. The van der Waals surface area contributed by atoms with Crippen molar-refractivity contribution in [3.63, 3.8) is 0 Å². The minimum absolute atomic E-state index is 0.365. The van der Waals surface area contributed by atoms with Gasteiger partial charge in [-0.05, 0) is 24.1 Å². The lowest BCUT2D eigenvalue weighted by molar-refractivity contribution is 0.0597. The van der Waals surface area contributed by atoms with Gasteiger partial charge >= 0.3 is 5.97 Å². The molecule has 1 aromatic rings. The summed E-state index contributed by atoms with van der Waals surface area (Å²) in [6, 6.07) is 3.33. The van der Waals surface area contributed by atoms with Crippen LogP contribution in [0.5, 0.6) is 5.75 Å². The van der Waals surface area contributed by atoms with E-state index in [1.165, 1.54) is 14.2 Å². The van der Waals surface area contributed by atoms with Crippen LogP contribution in [0.2, 0.25) is 5.02 Å². The summed E-state index contributed by atoms with van der Waals surface area (Å²) in [5.74, 6) is 0.0952. The number of methoxy groups -OCH3 is 2. The molecule has 0 radical (unpaired) electrons. The molecule has 82 valence electrons. The van der Waals surface area contributed by atoms with E-state index >= 15 is 0 Å². The van der Waals surface area contributed by atoms with Crippen LogP contribution in [-0.4, -0.2) is 20.2 Å². The molecule has 0 N–H and O–H groups in total. The average molecular weight is 229 g/mol. The van der Waals surface area contributed by atoms with Crippen molar-refractivity contribution in [1.29, 1.82) is 0 Å². The van der Waals surface area contributed by atoms with E-state index in [4.69, 9.17) is 16.3 Å². The molecule has 0 aliphatic heterocycles. The van der Waals surface area contributed by atoms with Crippen molar-refractivity contribution in [3.8, 4) is 5.75 Å². The molecule has 1 rings (SSSR count). The molecule has 0 spiro atoms. The van der Waals surface area contributed by atoms with E-state index in [9.17, 15) is 4.79 Å². The van der Waals surface area contributed by atoms with Crippen molar-refractivity contribution < 1.29 is 14.3 Å². The zero-order valence-corrected chi connectivity index (χ0v) is 9.72. The second-order valence-electron chi connectivity index (χ2n) is 2.99. The van der Waals surface area contributed by atoms with Crippen molar-refractivity contribution in [3.05, 3.63) is 28.3 Å². The Morgan fingerprint density at radius 2 is 2.07 bits per heavy atom. The Labute approximate surface area is 93.9 Å². The minimum atomic E-state index is -0.441. The summed E-state index contributed by atoms with van der Waals surface area (Å²) in [5.41, 5.74) is 1.26. The summed E-state index contributed by atoms with van der Waals surface area (Å²) in [7, 11) is 2.85. The first-order chi connectivity index (χ1) is 7.13. The van der Waals surface area contributed by atoms with Crippen LogP contribution in [0.15, 0.2) is 12.1 Å². The molecule has 0 atom stereocenters. The molecule has 0 fully saturated rings. The fraction of sp³-hybridized carbons (Fsp3) is 0.364. The molecule has 0 bridgehead atoms. The van der Waals surface area contributed by atoms with Gasteiger partial charge in [-0.25, -0.2) is 4.79 Å². The van der Waals surface area contributed by atoms with Gasteiger partial charge in [0.05, 0.1) is 14.2 Å². The molecule has 3 nitrogen and oxygen atoms in total. The number of hydrogen-bond donors (Lipinski definition) is 0. The van der Waals surface area contributed by atoms with Crippen LogP contribution in [0, 0.1) is 0 Å². The molecule has 4 heteroatoms. The highest BCUT2D eigenvalue weighted by molar-refractivity contribution is 6.31. The first-order valence-electron chi connectivity index (χ1n) is 4.58. The Kier molecular flexibility index (Phi) is 3.97. The van der Waals surface area contributed by atoms with Gasteiger partial charge in [0.2, 0.25) is 0 Å². The molecule has 0 amide bonds. The van der Waals surface area contributed by atoms with Gasteiger partial charge in [0, 0.05) is 5.02 Å². The summed E-state index contributed by atoms with van der Waals surface area (Å²) in [6.45, 7) is 1.97. The zero-order valence-electron chi connectivity index (χ0n) is 8.96. The Bertz CT molecular complexity index is 374. The maximum absolute atomic E-state index is 11.5. The summed E-state index contributed by atoms with van der Waals surface area (Å²) in [6.07, 6.45) is 0.744. The highest BCUT2D eigenvalue weighted by Crippen LogP contribution is 2.29. The van der Waals surface area contributed by atoms with Crippen LogP contribution >= 0.6 is 11.6 Å². The number of aryl methyl sites for hydroxylation is 1. The molecule has 0 aliphatic rings. The topological polar surface area (TPSA) is 35.5 Å². The number of carbonyl (C=O) groups excluding carboxylic acids is 1. The molecule has 0 saturated heterocycles. The lowest BCUT2D eigenvalue weighted by Gasteiger charge is -2.11. The minimum Gasteiger partial charge on any atom is -0.496 e. The van der Waals surface area contributed by atoms with Gasteiger partial charge in [0.1, 0.15) is 11.3 Å². The predicted molar refractivity (Wildman–Crippen MR) is 58.7 cm³/mol. The van der Waals surface area contributed by atoms with E-state index in [1.54, 1.807) is 12.1 Å². The van der Waals surface area contributed by atoms with Crippen molar-refractivity contribution in [2.24, 2.45) is 0 Å². The van der Waals surface area contributed by atoms with Crippen LogP contribution in [0.1, 0.15) is 22.8 Å². The molecule has 1 aromatic carbocycles. The van der Waals surface area contributed by atoms with Crippen LogP contribution in [-0.2, 0) is 11.2 Å². The Balaban J connectivity index is 3.35. The van der Waals surface area contributed by atoms with Gasteiger partial charge in [-0.1, -0.05) is 18.5 Å². The highest BCUT2D eigenvalue weighted by atomic mass is 35.5. The summed E-state index contributed by atoms with van der Waals surface area (Å²) >= 11 is 5.90. The standard InChI is InChI=1S/C11H13ClO3/c1-4-7-5-8(12)6-9(10(7)14-2)11(13)15-3/h5-6H,4H2,1-3H3. The lowest BCUT2D eigenvalue weighted by atomic mass is 10.1. The molecule has 0 aromatic heterocycles. The van der Waals surface area contributed by atoms with Gasteiger partial charge in [-0.15, -0.1) is 0 Å². The average Bonchev–Trinajstić information content (AvgIpc) is 2.26. The first-order valence-corrected chi connectivity index (χ1v) is 4.96. The van der Waals surface area contributed by atoms with Crippen LogP contribution in [0.25, 0.3) is 0 Å². The number of esters is 1. The van der Waals surface area contributed by atoms with Gasteiger partial charge < -0.3 is 9.47 Å². The predicted octanol–water partition coefficient (Wildman–Crippen LogP) is 2.70. The molecule has 0 unspecified atom stereocenters. The number of hydrogen-bond acceptors (Lipinski definition) is 3. The van der Waals surface area contributed by atoms with Crippen molar-refractivity contribution in [1.82, 2.24) is 0 Å². The van der Waals surface area contributed by atoms with Crippen LogP contribution in [0.4, 0.5) is 0 Å². The van der Waals surface area contributed by atoms with E-state index < -0.39 is 5.97 Å². The Morgan fingerprint density at radius 1 is 1.40 bits per heavy atom. The van der Waals surface area contributed by atoms with Gasteiger partial charge in [0.15, 0.2) is 0 Å². The van der Waals surface area contributed by atoms with Crippen LogP contribution < -0.4 is 4.74 Å². The second-order valence-corrected chi connectivity index (χ2v) is 3.43. The van der Waals surface area contributed by atoms with Crippen molar-refractivity contribution in [2.45, 2.75) is 13.3 Å². The number of rotatable bonds is 3. The maximum Gasteiger partial charge on any atom is 0.341 e. The third-order valence-electron chi connectivity index (χ3n) is 2.12. The van der Waals surface area contributed by atoms with Gasteiger partial charge in [-0.3, -0.25) is 0 Å². The van der Waals surface area contributed by atoms with Crippen molar-refractivity contribution >= 4 is 17.6 Å². The van der Waals surface area contributed by atoms with Gasteiger partial charge in [0.25, 0.3) is 0 Å². The third-order valence-corrected chi connectivity index (χ3v) is 2.34. The summed E-state index contributed by atoms with van der Waals surface area (Å²) < 4.78 is 9.84.